The number of hydrogen-bond donors (Lipinski definition) is 1. The van der Waals surface area contributed by atoms with Crippen LogP contribution in [0.2, 0.25) is 0 Å². The highest BCUT2D eigenvalue weighted by atomic mass is 32.2. The van der Waals surface area contributed by atoms with Gasteiger partial charge in [-0.25, -0.2) is 8.42 Å². The van der Waals surface area contributed by atoms with E-state index in [1.165, 1.54) is 4.31 Å². The minimum atomic E-state index is -3.56. The van der Waals surface area contributed by atoms with E-state index in [0.29, 0.717) is 13.1 Å². The minimum absolute atomic E-state index is 0.141. The molecule has 0 aliphatic carbocycles. The Balaban J connectivity index is 1.79. The third-order valence-electron chi connectivity index (χ3n) is 4.30. The van der Waals surface area contributed by atoms with E-state index in [-0.39, 0.29) is 23.9 Å². The smallest absolute Gasteiger partial charge is 0.243 e. The van der Waals surface area contributed by atoms with Gasteiger partial charge in [0.1, 0.15) is 0 Å². The van der Waals surface area contributed by atoms with Crippen molar-refractivity contribution in [3.8, 4) is 0 Å². The Labute approximate surface area is 141 Å². The Morgan fingerprint density at radius 1 is 1.04 bits per heavy atom. The zero-order valence-corrected chi connectivity index (χ0v) is 14.4. The lowest BCUT2D eigenvalue weighted by Gasteiger charge is -2.34. The Hall–Kier alpha value is -1.96. The van der Waals surface area contributed by atoms with Crippen molar-refractivity contribution in [1.82, 2.24) is 9.21 Å². The van der Waals surface area contributed by atoms with Crippen molar-refractivity contribution in [2.45, 2.75) is 17.9 Å². The van der Waals surface area contributed by atoms with E-state index in [2.05, 4.69) is 0 Å². The van der Waals surface area contributed by atoms with E-state index in [0.717, 1.165) is 10.8 Å². The van der Waals surface area contributed by atoms with Gasteiger partial charge in [0.25, 0.3) is 0 Å². The molecule has 128 valence electrons. The molecule has 0 aromatic heterocycles. The highest BCUT2D eigenvalue weighted by molar-refractivity contribution is 7.89. The molecule has 0 bridgehead atoms. The van der Waals surface area contributed by atoms with Gasteiger partial charge in [-0.1, -0.05) is 30.3 Å². The summed E-state index contributed by atoms with van der Waals surface area (Å²) in [6, 6.07) is 12.2. The molecule has 24 heavy (non-hydrogen) atoms. The maximum atomic E-state index is 12.8. The van der Waals surface area contributed by atoms with E-state index in [1.54, 1.807) is 24.0 Å². The fraction of sp³-hybridized carbons (Fsp3) is 0.353. The van der Waals surface area contributed by atoms with E-state index >= 15 is 0 Å². The summed E-state index contributed by atoms with van der Waals surface area (Å²) in [6.45, 7) is 2.95. The Kier molecular flexibility index (Phi) is 4.58. The molecule has 0 unspecified atom stereocenters. The number of sulfonamides is 1. The summed E-state index contributed by atoms with van der Waals surface area (Å²) in [5, 5.41) is 1.90. The molecule has 6 nitrogen and oxygen atoms in total. The number of carbonyl (C=O) groups excluding carboxylic acids is 1. The van der Waals surface area contributed by atoms with Crippen molar-refractivity contribution in [3.63, 3.8) is 0 Å². The third kappa shape index (κ3) is 3.15. The van der Waals surface area contributed by atoms with Crippen molar-refractivity contribution in [1.29, 1.82) is 0 Å². The minimum Gasteiger partial charge on any atom is -0.339 e. The van der Waals surface area contributed by atoms with Crippen molar-refractivity contribution in [3.05, 3.63) is 42.5 Å². The Morgan fingerprint density at radius 2 is 1.67 bits per heavy atom. The monoisotopic (exact) mass is 347 g/mol. The third-order valence-corrected chi connectivity index (χ3v) is 6.19. The first-order valence-electron chi connectivity index (χ1n) is 7.93. The van der Waals surface area contributed by atoms with E-state index in [9.17, 15) is 13.2 Å². The Bertz CT molecular complexity index is 856. The quantitative estimate of drug-likeness (QED) is 0.898. The summed E-state index contributed by atoms with van der Waals surface area (Å²) >= 11 is 0. The molecule has 1 saturated heterocycles. The fourth-order valence-electron chi connectivity index (χ4n) is 2.91. The van der Waals surface area contributed by atoms with Crippen molar-refractivity contribution in [2.75, 3.05) is 26.2 Å². The molecule has 1 fully saturated rings. The van der Waals surface area contributed by atoms with Crippen LogP contribution >= 0.6 is 0 Å². The molecule has 2 aromatic carbocycles. The van der Waals surface area contributed by atoms with Crippen LogP contribution in [0.25, 0.3) is 10.8 Å². The first-order chi connectivity index (χ1) is 11.4. The normalized spacial score (nSPS) is 17.8. The zero-order valence-electron chi connectivity index (χ0n) is 13.6. The SMILES string of the molecule is C[C@@H](N)C(=O)N1CCN(S(=O)(=O)c2ccc3ccccc3c2)CC1. The molecule has 1 amide bonds. The molecule has 0 spiro atoms. The largest absolute Gasteiger partial charge is 0.339 e. The topological polar surface area (TPSA) is 83.7 Å². The number of hydrogen-bond acceptors (Lipinski definition) is 4. The number of carbonyl (C=O) groups is 1. The van der Waals surface area contributed by atoms with Gasteiger partial charge >= 0.3 is 0 Å². The predicted molar refractivity (Wildman–Crippen MR) is 92.9 cm³/mol. The zero-order chi connectivity index (χ0) is 17.3. The number of rotatable bonds is 3. The molecule has 1 aliphatic heterocycles. The molecule has 2 aromatic rings. The van der Waals surface area contributed by atoms with Crippen LogP contribution in [0.5, 0.6) is 0 Å². The number of amides is 1. The highest BCUT2D eigenvalue weighted by Crippen LogP contribution is 2.22. The van der Waals surface area contributed by atoms with Crippen molar-refractivity contribution < 1.29 is 13.2 Å². The number of nitrogens with two attached hydrogens (primary N) is 1. The second kappa shape index (κ2) is 6.51. The molecule has 1 heterocycles. The van der Waals surface area contributed by atoms with Crippen LogP contribution in [0.3, 0.4) is 0 Å². The summed E-state index contributed by atoms with van der Waals surface area (Å²) in [6.07, 6.45) is 0. The molecule has 1 atom stereocenters. The molecule has 3 rings (SSSR count). The molecule has 0 saturated carbocycles. The van der Waals surface area contributed by atoms with Crippen LogP contribution in [-0.4, -0.2) is 55.8 Å². The number of benzene rings is 2. The van der Waals surface area contributed by atoms with Gasteiger partial charge in [0.15, 0.2) is 0 Å². The van der Waals surface area contributed by atoms with E-state index < -0.39 is 16.1 Å². The average molecular weight is 347 g/mol. The highest BCUT2D eigenvalue weighted by Gasteiger charge is 2.30. The Morgan fingerprint density at radius 3 is 2.29 bits per heavy atom. The standard InChI is InChI=1S/C17H21N3O3S/c1-13(18)17(21)19-8-10-20(11-9-19)24(22,23)16-7-6-14-4-2-3-5-15(14)12-16/h2-7,12-13H,8-11,18H2,1H3/t13-/m1/s1. The van der Waals surface area contributed by atoms with Gasteiger partial charge in [-0.05, 0) is 29.8 Å². The van der Waals surface area contributed by atoms with Gasteiger partial charge < -0.3 is 10.6 Å². The lowest BCUT2D eigenvalue weighted by atomic mass is 10.1. The van der Waals surface area contributed by atoms with Gasteiger partial charge in [0, 0.05) is 26.2 Å². The number of fused-ring (bicyclic) bond motifs is 1. The average Bonchev–Trinajstić information content (AvgIpc) is 2.60. The van der Waals surface area contributed by atoms with Crippen LogP contribution in [-0.2, 0) is 14.8 Å². The van der Waals surface area contributed by atoms with Gasteiger partial charge in [-0.2, -0.15) is 4.31 Å². The van der Waals surface area contributed by atoms with Crippen LogP contribution in [0.15, 0.2) is 47.4 Å². The molecular formula is C17H21N3O3S. The summed E-state index contributed by atoms with van der Waals surface area (Å²) in [4.78, 5) is 13.8. The second-order valence-corrected chi connectivity index (χ2v) is 7.96. The first kappa shape index (κ1) is 16.9. The van der Waals surface area contributed by atoms with Crippen LogP contribution in [0.1, 0.15) is 6.92 Å². The van der Waals surface area contributed by atoms with Crippen molar-refractivity contribution >= 4 is 26.7 Å². The van der Waals surface area contributed by atoms with Gasteiger partial charge in [0.05, 0.1) is 10.9 Å². The maximum absolute atomic E-state index is 12.8. The lowest BCUT2D eigenvalue weighted by Crippen LogP contribution is -2.53. The van der Waals surface area contributed by atoms with Crippen LogP contribution in [0.4, 0.5) is 0 Å². The molecule has 1 aliphatic rings. The van der Waals surface area contributed by atoms with Gasteiger partial charge in [-0.3, -0.25) is 4.79 Å². The second-order valence-electron chi connectivity index (χ2n) is 6.03. The number of nitrogens with zero attached hydrogens (tertiary/aromatic N) is 2. The van der Waals surface area contributed by atoms with Gasteiger partial charge in [-0.15, -0.1) is 0 Å². The molecule has 2 N–H and O–H groups in total. The molecule has 7 heteroatoms. The van der Waals surface area contributed by atoms with Gasteiger partial charge in [0.2, 0.25) is 15.9 Å². The molecule has 0 radical (unpaired) electrons. The predicted octanol–water partition coefficient (Wildman–Crippen LogP) is 1.02. The van der Waals surface area contributed by atoms with Crippen LogP contribution in [0, 0.1) is 0 Å². The first-order valence-corrected chi connectivity index (χ1v) is 9.37. The lowest BCUT2D eigenvalue weighted by molar-refractivity contribution is -0.133. The number of piperazine rings is 1. The maximum Gasteiger partial charge on any atom is 0.243 e. The summed E-state index contributed by atoms with van der Waals surface area (Å²) in [7, 11) is -3.56. The summed E-state index contributed by atoms with van der Waals surface area (Å²) in [5.74, 6) is -0.141. The molecular weight excluding hydrogens is 326 g/mol. The summed E-state index contributed by atoms with van der Waals surface area (Å²) < 4.78 is 27.1. The van der Waals surface area contributed by atoms with Crippen LogP contribution < -0.4 is 5.73 Å². The summed E-state index contributed by atoms with van der Waals surface area (Å²) in [5.41, 5.74) is 5.61. The van der Waals surface area contributed by atoms with E-state index in [1.807, 2.05) is 30.3 Å². The van der Waals surface area contributed by atoms with E-state index in [4.69, 9.17) is 5.73 Å². The van der Waals surface area contributed by atoms with Crippen molar-refractivity contribution in [2.24, 2.45) is 5.73 Å². The fourth-order valence-corrected chi connectivity index (χ4v) is 4.37.